The number of rotatable bonds is 8. The number of fused-ring (bicyclic) bond motifs is 1. The molecule has 1 aromatic heterocycles. The number of nitrogens with one attached hydrogen (secondary N) is 2. The molecule has 2 fully saturated rings. The summed E-state index contributed by atoms with van der Waals surface area (Å²) in [5, 5.41) is 14.7. The van der Waals surface area contributed by atoms with Crippen LogP contribution >= 0.6 is 0 Å². The van der Waals surface area contributed by atoms with Crippen molar-refractivity contribution >= 4 is 40.9 Å². The zero-order chi connectivity index (χ0) is 29.3. The Morgan fingerprint density at radius 2 is 1.95 bits per heavy atom. The molecule has 5 rings (SSSR count). The molecular formula is C28H33FN8O4. The number of ether oxygens (including phenoxy) is 1. The van der Waals surface area contributed by atoms with Crippen LogP contribution in [0.25, 0.3) is 0 Å². The molecule has 2 N–H and O–H groups in total. The van der Waals surface area contributed by atoms with Crippen molar-refractivity contribution in [1.82, 2.24) is 20.2 Å². The summed E-state index contributed by atoms with van der Waals surface area (Å²) in [5.74, 6) is -0.498. The summed E-state index contributed by atoms with van der Waals surface area (Å²) < 4.78 is 20.4. The van der Waals surface area contributed by atoms with Crippen molar-refractivity contribution in [3.8, 4) is 11.8 Å². The molecule has 0 unspecified atom stereocenters. The smallest absolute Gasteiger partial charge is 0.254 e. The number of carbonyl (C=O) groups is 3. The van der Waals surface area contributed by atoms with Gasteiger partial charge in [0.25, 0.3) is 5.91 Å². The number of nitrogens with zero attached hydrogens (tertiary/aromatic N) is 6. The van der Waals surface area contributed by atoms with Crippen LogP contribution in [-0.2, 0) is 9.59 Å². The maximum Gasteiger partial charge on any atom is 0.254 e. The Morgan fingerprint density at radius 3 is 2.59 bits per heavy atom. The molecule has 2 aromatic rings. The Labute approximate surface area is 237 Å². The lowest BCUT2D eigenvalue weighted by Gasteiger charge is -2.46. The molecule has 2 aliphatic heterocycles. The first kappa shape index (κ1) is 28.1. The van der Waals surface area contributed by atoms with Crippen LogP contribution in [0.4, 0.5) is 27.5 Å². The fourth-order valence-corrected chi connectivity index (χ4v) is 5.44. The van der Waals surface area contributed by atoms with Crippen LogP contribution in [0.15, 0.2) is 18.3 Å². The van der Waals surface area contributed by atoms with Gasteiger partial charge in [0.1, 0.15) is 29.7 Å². The van der Waals surface area contributed by atoms with Gasteiger partial charge in [-0.3, -0.25) is 14.4 Å². The first-order valence-corrected chi connectivity index (χ1v) is 13.8. The largest absolute Gasteiger partial charge is 0.495 e. The predicted octanol–water partition coefficient (Wildman–Crippen LogP) is 2.73. The molecule has 0 bridgehead atoms. The molecule has 1 atom stereocenters. The van der Waals surface area contributed by atoms with E-state index in [9.17, 15) is 14.4 Å². The van der Waals surface area contributed by atoms with E-state index in [-0.39, 0.29) is 53.3 Å². The number of carbonyl (C=O) groups excluding carboxylic acids is 3. The third kappa shape index (κ3) is 5.59. The average molecular weight is 565 g/mol. The molecule has 3 aliphatic rings. The highest BCUT2D eigenvalue weighted by atomic mass is 19.1. The van der Waals surface area contributed by atoms with Crippen LogP contribution in [-0.4, -0.2) is 78.0 Å². The monoisotopic (exact) mass is 564 g/mol. The molecule has 3 heterocycles. The second-order valence-corrected chi connectivity index (χ2v) is 10.5. The number of likely N-dealkylation sites (N-methyl/N-ethyl adjacent to an activating group) is 1. The van der Waals surface area contributed by atoms with Crippen molar-refractivity contribution in [3.63, 3.8) is 0 Å². The number of hydrogen-bond donors (Lipinski definition) is 2. The normalized spacial score (nSPS) is 19.0. The number of aromatic nitrogens is 2. The first-order chi connectivity index (χ1) is 19.7. The van der Waals surface area contributed by atoms with Gasteiger partial charge in [-0.25, -0.2) is 9.37 Å². The molecule has 1 saturated carbocycles. The van der Waals surface area contributed by atoms with Crippen molar-refractivity contribution in [2.75, 3.05) is 42.4 Å². The summed E-state index contributed by atoms with van der Waals surface area (Å²) in [7, 11) is 3.11. The molecular weight excluding hydrogens is 531 g/mol. The summed E-state index contributed by atoms with van der Waals surface area (Å²) in [4.78, 5) is 52.4. The molecule has 1 saturated heterocycles. The number of piperidine rings is 1. The maximum absolute atomic E-state index is 15.0. The minimum absolute atomic E-state index is 0.0681. The minimum Gasteiger partial charge on any atom is -0.495 e. The van der Waals surface area contributed by atoms with Crippen LogP contribution in [0.5, 0.6) is 5.75 Å². The summed E-state index contributed by atoms with van der Waals surface area (Å²) in [6.45, 7) is 2.89. The molecule has 1 aromatic carbocycles. The predicted molar refractivity (Wildman–Crippen MR) is 149 cm³/mol. The van der Waals surface area contributed by atoms with Gasteiger partial charge in [-0.05, 0) is 38.2 Å². The Morgan fingerprint density at radius 1 is 1.22 bits per heavy atom. The summed E-state index contributed by atoms with van der Waals surface area (Å²) >= 11 is 0. The average Bonchev–Trinajstić information content (AvgIpc) is 3.79. The Balaban J connectivity index is 1.43. The topological polar surface area (TPSA) is 144 Å². The highest BCUT2D eigenvalue weighted by Crippen LogP contribution is 2.39. The summed E-state index contributed by atoms with van der Waals surface area (Å²) in [5.41, 5.74) is 0.678. The van der Waals surface area contributed by atoms with Crippen LogP contribution in [0.1, 0.15) is 55.8 Å². The minimum atomic E-state index is -0.708. The van der Waals surface area contributed by atoms with Crippen molar-refractivity contribution < 1.29 is 23.5 Å². The molecule has 216 valence electrons. The van der Waals surface area contributed by atoms with Crippen molar-refractivity contribution in [2.45, 2.75) is 63.6 Å². The van der Waals surface area contributed by atoms with E-state index in [0.29, 0.717) is 43.9 Å². The molecule has 3 amide bonds. The van der Waals surface area contributed by atoms with E-state index in [1.807, 2.05) is 17.9 Å². The second-order valence-electron chi connectivity index (χ2n) is 10.5. The van der Waals surface area contributed by atoms with Gasteiger partial charge in [0, 0.05) is 38.3 Å². The van der Waals surface area contributed by atoms with E-state index >= 15 is 4.39 Å². The second kappa shape index (κ2) is 11.6. The van der Waals surface area contributed by atoms with Crippen LogP contribution in [0.3, 0.4) is 0 Å². The number of halogens is 1. The fourth-order valence-electron chi connectivity index (χ4n) is 5.44. The Kier molecular flexibility index (Phi) is 7.92. The quantitative estimate of drug-likeness (QED) is 0.495. The zero-order valence-corrected chi connectivity index (χ0v) is 23.3. The SMILES string of the molecule is CC[C@@H]1C(=O)N(C)c2cnc(Nc3cc(F)c(C(=O)NC4CC4)cc3OC)nc2N1C1CCN(C(=O)CC#N)CC1. The number of benzene rings is 1. The molecule has 0 radical (unpaired) electrons. The molecule has 13 heteroatoms. The lowest BCUT2D eigenvalue weighted by Crippen LogP contribution is -2.58. The van der Waals surface area contributed by atoms with Gasteiger partial charge in [-0.1, -0.05) is 6.92 Å². The van der Waals surface area contributed by atoms with Crippen LogP contribution in [0, 0.1) is 17.1 Å². The standard InChI is InChI=1S/C28H33FN8O4/c1-4-21-27(40)35(2)22-15-31-28(34-25(22)37(21)17-8-11-36(12-9-17)24(38)7-10-30)33-20-14-19(29)18(13-23(20)41-3)26(39)32-16-5-6-16/h13-17,21H,4-9,11-12H2,1-3H3,(H,32,39)(H,31,33,34)/t21-/m1/s1. The van der Waals surface area contributed by atoms with Gasteiger partial charge in [0.15, 0.2) is 5.82 Å². The van der Waals surface area contributed by atoms with Gasteiger partial charge in [0.2, 0.25) is 17.8 Å². The molecule has 0 spiro atoms. The molecule has 1 aliphatic carbocycles. The van der Waals surface area contributed by atoms with Gasteiger partial charge in [-0.15, -0.1) is 0 Å². The van der Waals surface area contributed by atoms with Gasteiger partial charge in [-0.2, -0.15) is 10.2 Å². The third-order valence-electron chi connectivity index (χ3n) is 7.83. The summed E-state index contributed by atoms with van der Waals surface area (Å²) in [6, 6.07) is 3.99. The van der Waals surface area contributed by atoms with E-state index in [2.05, 4.69) is 15.6 Å². The van der Waals surface area contributed by atoms with E-state index in [0.717, 1.165) is 12.8 Å². The maximum atomic E-state index is 15.0. The van der Waals surface area contributed by atoms with Gasteiger partial charge in [0.05, 0.1) is 30.6 Å². The zero-order valence-electron chi connectivity index (χ0n) is 23.3. The molecule has 12 nitrogen and oxygen atoms in total. The van der Waals surface area contributed by atoms with Crippen molar-refractivity contribution in [1.29, 1.82) is 5.26 Å². The third-order valence-corrected chi connectivity index (χ3v) is 7.83. The van der Waals surface area contributed by atoms with E-state index in [1.54, 1.807) is 23.0 Å². The van der Waals surface area contributed by atoms with E-state index in [1.165, 1.54) is 19.2 Å². The fraction of sp³-hybridized carbons (Fsp3) is 0.500. The van der Waals surface area contributed by atoms with E-state index < -0.39 is 17.8 Å². The lowest BCUT2D eigenvalue weighted by atomic mass is 9.97. The van der Waals surface area contributed by atoms with E-state index in [4.69, 9.17) is 15.0 Å². The summed E-state index contributed by atoms with van der Waals surface area (Å²) in [6.07, 6.45) is 4.93. The number of amides is 3. The highest BCUT2D eigenvalue weighted by Gasteiger charge is 2.41. The van der Waals surface area contributed by atoms with Crippen LogP contribution < -0.4 is 25.2 Å². The number of methoxy groups -OCH3 is 1. The Hall–Kier alpha value is -4.47. The van der Waals surface area contributed by atoms with Crippen molar-refractivity contribution in [2.24, 2.45) is 0 Å². The number of hydrogen-bond acceptors (Lipinski definition) is 9. The first-order valence-electron chi connectivity index (χ1n) is 13.8. The van der Waals surface area contributed by atoms with Gasteiger partial charge >= 0.3 is 0 Å². The number of anilines is 4. The number of nitriles is 1. The van der Waals surface area contributed by atoms with Crippen LogP contribution in [0.2, 0.25) is 0 Å². The lowest BCUT2D eigenvalue weighted by molar-refractivity contribution is -0.131. The highest BCUT2D eigenvalue weighted by molar-refractivity contribution is 6.04. The Bertz CT molecular complexity index is 1400. The molecule has 41 heavy (non-hydrogen) atoms. The van der Waals surface area contributed by atoms with Crippen molar-refractivity contribution in [3.05, 3.63) is 29.7 Å². The van der Waals surface area contributed by atoms with Gasteiger partial charge < -0.3 is 30.1 Å². The number of likely N-dealkylation sites (tertiary alicyclic amines) is 1.